The molecule has 0 saturated carbocycles. The van der Waals surface area contributed by atoms with Crippen molar-refractivity contribution in [2.24, 2.45) is 5.92 Å². The molecule has 0 saturated heterocycles. The normalized spacial score (nSPS) is 17.1. The van der Waals surface area contributed by atoms with E-state index < -0.39 is 8.07 Å². The van der Waals surface area contributed by atoms with Crippen molar-refractivity contribution in [2.45, 2.75) is 60.6 Å². The van der Waals surface area contributed by atoms with Crippen molar-refractivity contribution in [2.75, 3.05) is 0 Å². The Balaban J connectivity index is 0.00000272. The molecule has 1 unspecified atom stereocenters. The molecule has 4 rings (SSSR count). The third-order valence-electron chi connectivity index (χ3n) is 7.64. The number of rotatable bonds is 4. The minimum absolute atomic E-state index is 0. The van der Waals surface area contributed by atoms with Gasteiger partial charge >= 0.3 is 0 Å². The fraction of sp³-hybridized carbons (Fsp3) is 0.345. The summed E-state index contributed by atoms with van der Waals surface area (Å²) in [6.07, 6.45) is 0. The molecule has 31 heavy (non-hydrogen) atoms. The van der Waals surface area contributed by atoms with Gasteiger partial charge in [0.1, 0.15) is 8.07 Å². The fourth-order valence-electron chi connectivity index (χ4n) is 5.88. The van der Waals surface area contributed by atoms with Gasteiger partial charge in [0.25, 0.3) is 0 Å². The quantitative estimate of drug-likeness (QED) is 0.250. The third-order valence-corrected chi connectivity index (χ3v) is 11.6. The summed E-state index contributed by atoms with van der Waals surface area (Å²) in [7, 11) is -1.84. The third kappa shape index (κ3) is 3.85. The Labute approximate surface area is 209 Å². The number of hydrogen-bond donors (Lipinski definition) is 0. The van der Waals surface area contributed by atoms with Gasteiger partial charge in [0.2, 0.25) is 0 Å². The summed E-state index contributed by atoms with van der Waals surface area (Å²) in [5.74, 6) is 1.05. The number of fused-ring (bicyclic) bond motifs is 1. The van der Waals surface area contributed by atoms with Gasteiger partial charge in [-0.2, -0.15) is 12.1 Å². The van der Waals surface area contributed by atoms with Crippen LogP contribution in [-0.2, 0) is 26.2 Å². The van der Waals surface area contributed by atoms with Crippen LogP contribution in [0.5, 0.6) is 0 Å². The van der Waals surface area contributed by atoms with Gasteiger partial charge in [-0.1, -0.05) is 85.2 Å². The second kappa shape index (κ2) is 8.87. The Kier molecular flexibility index (Phi) is 6.95. The number of allylic oxidation sites excluding steroid dienone is 4. The first-order valence-corrected chi connectivity index (χ1v) is 14.3. The van der Waals surface area contributed by atoms with E-state index in [4.69, 9.17) is 0 Å². The van der Waals surface area contributed by atoms with E-state index in [1.165, 1.54) is 27.5 Å². The van der Waals surface area contributed by atoms with E-state index in [1.54, 1.807) is 27.1 Å². The fourth-order valence-corrected chi connectivity index (χ4v) is 10.2. The van der Waals surface area contributed by atoms with Crippen molar-refractivity contribution in [1.82, 2.24) is 0 Å². The molecule has 160 valence electrons. The Morgan fingerprint density at radius 2 is 1.52 bits per heavy atom. The summed E-state index contributed by atoms with van der Waals surface area (Å²) >= 11 is 0. The molecule has 1 aliphatic carbocycles. The van der Waals surface area contributed by atoms with Gasteiger partial charge in [-0.3, -0.25) is 0 Å². The molecule has 0 nitrogen and oxygen atoms in total. The molecule has 0 radical (unpaired) electrons. The van der Waals surface area contributed by atoms with Gasteiger partial charge in [0.15, 0.2) is 0 Å². The Hall–Kier alpha value is -1.37. The summed E-state index contributed by atoms with van der Waals surface area (Å²) in [6.45, 7) is 19.3. The predicted octanol–water partition coefficient (Wildman–Crippen LogP) is 8.10. The van der Waals surface area contributed by atoms with Crippen molar-refractivity contribution >= 4 is 24.0 Å². The van der Waals surface area contributed by atoms with Gasteiger partial charge in [0.05, 0.1) is 0 Å². The zero-order valence-electron chi connectivity index (χ0n) is 20.4. The average Bonchev–Trinajstić information content (AvgIpc) is 3.27. The van der Waals surface area contributed by atoms with Crippen LogP contribution in [0.2, 0.25) is 13.1 Å². The van der Waals surface area contributed by atoms with Crippen molar-refractivity contribution in [1.29, 1.82) is 0 Å². The van der Waals surface area contributed by atoms with E-state index in [-0.39, 0.29) is 26.2 Å². The summed E-state index contributed by atoms with van der Waals surface area (Å²) in [6, 6.07) is 20.5. The second-order valence-corrected chi connectivity index (χ2v) is 14.3. The van der Waals surface area contributed by atoms with Crippen LogP contribution in [0.4, 0.5) is 0 Å². The summed E-state index contributed by atoms with van der Waals surface area (Å²) in [5, 5.41) is 6.04. The summed E-state index contributed by atoms with van der Waals surface area (Å²) in [5.41, 5.74) is 8.98. The molecule has 0 aromatic heterocycles. The Morgan fingerprint density at radius 3 is 2.13 bits per heavy atom. The van der Waals surface area contributed by atoms with Gasteiger partial charge in [-0.15, -0.1) is 29.0 Å². The molecule has 2 heteroatoms. The monoisotopic (exact) mass is 501 g/mol. The van der Waals surface area contributed by atoms with Crippen LogP contribution in [0.25, 0.3) is 21.9 Å². The number of benzene rings is 2. The molecule has 0 bridgehead atoms. The first-order chi connectivity index (χ1) is 14.2. The molecule has 3 aromatic carbocycles. The van der Waals surface area contributed by atoms with Crippen molar-refractivity contribution in [3.63, 3.8) is 0 Å². The largest absolute Gasteiger partial charge is 0.168 e. The SMILES string of the molecule is CC1=C(C)C(C)C([Si](C)(C)c2cccc(-c3cccc4[cH-]ccc34)c2C(C)C)=C1C.[Zr]. The molecule has 3 aromatic rings. The van der Waals surface area contributed by atoms with Gasteiger partial charge in [-0.25, -0.2) is 0 Å². The van der Waals surface area contributed by atoms with Crippen LogP contribution in [0.3, 0.4) is 0 Å². The van der Waals surface area contributed by atoms with Gasteiger partial charge in [-0.05, 0) is 49.3 Å². The molecule has 0 spiro atoms. The smallest absolute Gasteiger partial charge is 0.109 e. The van der Waals surface area contributed by atoms with Crippen molar-refractivity contribution in [3.05, 3.63) is 82.1 Å². The summed E-state index contributed by atoms with van der Waals surface area (Å²) in [4.78, 5) is 0. The number of hydrogen-bond acceptors (Lipinski definition) is 0. The van der Waals surface area contributed by atoms with Crippen molar-refractivity contribution < 1.29 is 26.2 Å². The molecular formula is C29H35SiZr-. The van der Waals surface area contributed by atoms with E-state index in [1.807, 2.05) is 0 Å². The molecule has 0 heterocycles. The molecule has 1 atom stereocenters. The molecular weight excluding hydrogens is 468 g/mol. The zero-order chi connectivity index (χ0) is 21.8. The van der Waals surface area contributed by atoms with E-state index in [2.05, 4.69) is 109 Å². The first-order valence-electron chi connectivity index (χ1n) is 11.3. The molecule has 0 amide bonds. The van der Waals surface area contributed by atoms with Crippen molar-refractivity contribution in [3.8, 4) is 11.1 Å². The molecule has 0 fully saturated rings. The second-order valence-electron chi connectivity index (χ2n) is 9.95. The average molecular weight is 503 g/mol. The predicted molar refractivity (Wildman–Crippen MR) is 136 cm³/mol. The molecule has 1 aliphatic rings. The standard InChI is InChI=1S/C29H35Si.Zr/c1-18(2)28-26(25-15-10-13-23-12-9-14-24(23)25)16-11-17-27(28)30(7,8)29-21(5)19(3)20(4)22(29)6;/h9-18,21H,1-8H3;/q-1;. The van der Waals surface area contributed by atoms with Gasteiger partial charge < -0.3 is 0 Å². The van der Waals surface area contributed by atoms with Gasteiger partial charge in [0, 0.05) is 26.2 Å². The zero-order valence-corrected chi connectivity index (χ0v) is 23.8. The topological polar surface area (TPSA) is 0 Å². The molecule has 0 N–H and O–H groups in total. The van der Waals surface area contributed by atoms with Crippen LogP contribution >= 0.6 is 0 Å². The maximum Gasteiger partial charge on any atom is 0.109 e. The Bertz CT molecular complexity index is 1190. The summed E-state index contributed by atoms with van der Waals surface area (Å²) < 4.78 is 0. The maximum atomic E-state index is 2.57. The van der Waals surface area contributed by atoms with E-state index in [0.717, 1.165) is 0 Å². The van der Waals surface area contributed by atoms with E-state index in [0.29, 0.717) is 11.8 Å². The maximum absolute atomic E-state index is 2.57. The van der Waals surface area contributed by atoms with Crippen LogP contribution < -0.4 is 5.19 Å². The Morgan fingerprint density at radius 1 is 0.871 bits per heavy atom. The minimum Gasteiger partial charge on any atom is -0.168 e. The van der Waals surface area contributed by atoms with E-state index >= 15 is 0 Å². The van der Waals surface area contributed by atoms with Crippen LogP contribution in [0.15, 0.2) is 76.5 Å². The van der Waals surface area contributed by atoms with E-state index in [9.17, 15) is 0 Å². The van der Waals surface area contributed by atoms with Crippen LogP contribution in [-0.4, -0.2) is 8.07 Å². The van der Waals surface area contributed by atoms with Crippen LogP contribution in [0, 0.1) is 5.92 Å². The van der Waals surface area contributed by atoms with Crippen LogP contribution in [0.1, 0.15) is 53.0 Å². The minimum atomic E-state index is -1.84. The molecule has 0 aliphatic heterocycles. The first kappa shape index (κ1) is 24.3.